The Labute approximate surface area is 140 Å². The number of benzene rings is 2. The maximum absolute atomic E-state index is 14.4. The average Bonchev–Trinajstić information content (AvgIpc) is 2.91. The van der Waals surface area contributed by atoms with E-state index in [1.807, 2.05) is 30.3 Å². The Kier molecular flexibility index (Phi) is 4.09. The van der Waals surface area contributed by atoms with Crippen LogP contribution in [0.5, 0.6) is 0 Å². The first-order valence-electron chi connectivity index (χ1n) is 8.30. The highest BCUT2D eigenvalue weighted by atomic mass is 19.1. The lowest BCUT2D eigenvalue weighted by molar-refractivity contribution is 0.631. The number of fused-ring (bicyclic) bond motifs is 1. The number of para-hydroxylation sites is 1. The van der Waals surface area contributed by atoms with Crippen molar-refractivity contribution in [3.05, 3.63) is 54.3 Å². The highest BCUT2D eigenvalue weighted by Crippen LogP contribution is 2.30. The predicted octanol–water partition coefficient (Wildman–Crippen LogP) is 3.24. The summed E-state index contributed by atoms with van der Waals surface area (Å²) in [5, 5.41) is 4.26. The topological polar surface area (TPSA) is 41.1 Å². The number of rotatable bonds is 2. The van der Waals surface area contributed by atoms with Gasteiger partial charge in [-0.05, 0) is 31.2 Å². The molecule has 3 aromatic rings. The van der Waals surface area contributed by atoms with Gasteiger partial charge >= 0.3 is 0 Å². The highest BCUT2D eigenvalue weighted by Gasteiger charge is 2.17. The van der Waals surface area contributed by atoms with E-state index in [4.69, 9.17) is 9.97 Å². The molecule has 1 aliphatic rings. The molecule has 0 spiro atoms. The summed E-state index contributed by atoms with van der Waals surface area (Å²) in [5.41, 5.74) is 2.02. The lowest BCUT2D eigenvalue weighted by Crippen LogP contribution is -2.29. The summed E-state index contributed by atoms with van der Waals surface area (Å²) in [6.07, 6.45) is 1.05. The van der Waals surface area contributed by atoms with Crippen LogP contribution in [0.3, 0.4) is 0 Å². The molecule has 0 aliphatic carbocycles. The van der Waals surface area contributed by atoms with E-state index >= 15 is 0 Å². The highest BCUT2D eigenvalue weighted by molar-refractivity contribution is 5.93. The van der Waals surface area contributed by atoms with Crippen LogP contribution in [-0.2, 0) is 0 Å². The molecule has 24 heavy (non-hydrogen) atoms. The van der Waals surface area contributed by atoms with E-state index in [1.165, 1.54) is 6.07 Å². The predicted molar refractivity (Wildman–Crippen MR) is 94.6 cm³/mol. The molecule has 0 radical (unpaired) electrons. The van der Waals surface area contributed by atoms with Gasteiger partial charge in [0.25, 0.3) is 0 Å². The molecule has 0 bridgehead atoms. The summed E-state index contributed by atoms with van der Waals surface area (Å²) in [6, 6.07) is 14.6. The van der Waals surface area contributed by atoms with Crippen molar-refractivity contribution in [3.63, 3.8) is 0 Å². The van der Waals surface area contributed by atoms with Crippen LogP contribution in [0.1, 0.15) is 6.42 Å². The summed E-state index contributed by atoms with van der Waals surface area (Å²) < 4.78 is 14.4. The molecule has 1 saturated heterocycles. The quantitative estimate of drug-likeness (QED) is 0.786. The second-order valence-electron chi connectivity index (χ2n) is 5.96. The lowest BCUT2D eigenvalue weighted by Gasteiger charge is -2.21. The summed E-state index contributed by atoms with van der Waals surface area (Å²) in [5.74, 6) is 0.417. The van der Waals surface area contributed by atoms with E-state index in [-0.39, 0.29) is 5.82 Å². The number of aromatic nitrogens is 2. The Morgan fingerprint density at radius 1 is 0.917 bits per heavy atom. The molecule has 1 N–H and O–H groups in total. The Morgan fingerprint density at radius 2 is 1.75 bits per heavy atom. The molecule has 1 fully saturated rings. The van der Waals surface area contributed by atoms with E-state index in [1.54, 1.807) is 12.1 Å². The molecule has 2 aromatic carbocycles. The minimum atomic E-state index is -0.259. The number of anilines is 1. The zero-order valence-electron chi connectivity index (χ0n) is 13.4. The number of halogens is 1. The maximum atomic E-state index is 14.4. The zero-order valence-corrected chi connectivity index (χ0v) is 13.4. The van der Waals surface area contributed by atoms with Crippen LogP contribution in [0, 0.1) is 5.82 Å². The first-order valence-corrected chi connectivity index (χ1v) is 8.30. The molecule has 122 valence electrons. The molecule has 0 atom stereocenters. The van der Waals surface area contributed by atoms with E-state index in [0.29, 0.717) is 17.2 Å². The summed E-state index contributed by atoms with van der Waals surface area (Å²) in [4.78, 5) is 11.6. The van der Waals surface area contributed by atoms with Crippen molar-refractivity contribution in [2.24, 2.45) is 0 Å². The van der Waals surface area contributed by atoms with Gasteiger partial charge in [0.05, 0.1) is 11.2 Å². The average molecular weight is 322 g/mol. The molecule has 2 heterocycles. The van der Waals surface area contributed by atoms with Crippen LogP contribution < -0.4 is 10.2 Å². The van der Waals surface area contributed by atoms with Crippen LogP contribution in [0.25, 0.3) is 22.2 Å². The fourth-order valence-corrected chi connectivity index (χ4v) is 3.11. The molecule has 5 heteroatoms. The minimum absolute atomic E-state index is 0.259. The van der Waals surface area contributed by atoms with Gasteiger partial charge in [0.1, 0.15) is 5.82 Å². The van der Waals surface area contributed by atoms with Gasteiger partial charge in [0.15, 0.2) is 0 Å². The number of nitrogens with zero attached hydrogens (tertiary/aromatic N) is 3. The first-order chi connectivity index (χ1) is 11.8. The first kappa shape index (κ1) is 15.0. The van der Waals surface area contributed by atoms with Crippen molar-refractivity contribution in [1.82, 2.24) is 15.3 Å². The SMILES string of the molecule is Fc1ccccc1-c1nc(N2CCCNCC2)nc2ccccc12. The van der Waals surface area contributed by atoms with E-state index in [2.05, 4.69) is 10.2 Å². The van der Waals surface area contributed by atoms with Gasteiger partial charge in [-0.1, -0.05) is 30.3 Å². The molecular weight excluding hydrogens is 303 g/mol. The van der Waals surface area contributed by atoms with Crippen LogP contribution in [-0.4, -0.2) is 36.1 Å². The summed E-state index contributed by atoms with van der Waals surface area (Å²) in [7, 11) is 0. The van der Waals surface area contributed by atoms with Crippen molar-refractivity contribution >= 4 is 16.9 Å². The standard InChI is InChI=1S/C19H19FN4/c20-16-8-3-1-6-14(16)18-15-7-2-4-9-17(15)22-19(23-18)24-12-5-10-21-11-13-24/h1-4,6-9,21H,5,10-13H2. The smallest absolute Gasteiger partial charge is 0.226 e. The number of nitrogens with one attached hydrogen (secondary N) is 1. The second-order valence-corrected chi connectivity index (χ2v) is 5.96. The molecule has 1 aromatic heterocycles. The van der Waals surface area contributed by atoms with Crippen molar-refractivity contribution in [2.45, 2.75) is 6.42 Å². The van der Waals surface area contributed by atoms with Crippen LogP contribution >= 0.6 is 0 Å². The summed E-state index contributed by atoms with van der Waals surface area (Å²) >= 11 is 0. The van der Waals surface area contributed by atoms with Crippen LogP contribution in [0.2, 0.25) is 0 Å². The number of hydrogen-bond acceptors (Lipinski definition) is 4. The molecule has 0 unspecified atom stereocenters. The molecule has 1 aliphatic heterocycles. The maximum Gasteiger partial charge on any atom is 0.226 e. The summed E-state index contributed by atoms with van der Waals surface area (Å²) in [6.45, 7) is 3.67. The van der Waals surface area contributed by atoms with Crippen molar-refractivity contribution < 1.29 is 4.39 Å². The Balaban J connectivity index is 1.89. The number of hydrogen-bond donors (Lipinski definition) is 1. The molecule has 0 saturated carbocycles. The van der Waals surface area contributed by atoms with E-state index in [0.717, 1.165) is 43.5 Å². The van der Waals surface area contributed by atoms with Crippen LogP contribution in [0.15, 0.2) is 48.5 Å². The van der Waals surface area contributed by atoms with Gasteiger partial charge in [-0.25, -0.2) is 14.4 Å². The van der Waals surface area contributed by atoms with E-state index in [9.17, 15) is 4.39 Å². The minimum Gasteiger partial charge on any atom is -0.339 e. The molecule has 4 rings (SSSR count). The fraction of sp³-hybridized carbons (Fsp3) is 0.263. The van der Waals surface area contributed by atoms with Crippen molar-refractivity contribution in [2.75, 3.05) is 31.1 Å². The van der Waals surface area contributed by atoms with Gasteiger partial charge in [-0.3, -0.25) is 0 Å². The third-order valence-electron chi connectivity index (χ3n) is 4.34. The third kappa shape index (κ3) is 2.83. The van der Waals surface area contributed by atoms with Crippen molar-refractivity contribution in [3.8, 4) is 11.3 Å². The monoisotopic (exact) mass is 322 g/mol. The van der Waals surface area contributed by atoms with Gasteiger partial charge in [0.2, 0.25) is 5.95 Å². The molecular formula is C19H19FN4. The van der Waals surface area contributed by atoms with Crippen molar-refractivity contribution in [1.29, 1.82) is 0 Å². The second kappa shape index (κ2) is 6.53. The largest absolute Gasteiger partial charge is 0.339 e. The Morgan fingerprint density at radius 3 is 2.67 bits per heavy atom. The van der Waals surface area contributed by atoms with Crippen LogP contribution in [0.4, 0.5) is 10.3 Å². The fourth-order valence-electron chi connectivity index (χ4n) is 3.11. The molecule has 4 nitrogen and oxygen atoms in total. The lowest BCUT2D eigenvalue weighted by atomic mass is 10.1. The zero-order chi connectivity index (χ0) is 16.4. The van der Waals surface area contributed by atoms with E-state index < -0.39 is 0 Å². The third-order valence-corrected chi connectivity index (χ3v) is 4.34. The normalized spacial score (nSPS) is 15.5. The molecule has 0 amide bonds. The van der Waals surface area contributed by atoms with Gasteiger partial charge < -0.3 is 10.2 Å². The van der Waals surface area contributed by atoms with Gasteiger partial charge in [0, 0.05) is 30.6 Å². The Bertz CT molecular complexity index is 857. The van der Waals surface area contributed by atoms with Gasteiger partial charge in [-0.15, -0.1) is 0 Å². The Hall–Kier alpha value is -2.53. The van der Waals surface area contributed by atoms with Gasteiger partial charge in [-0.2, -0.15) is 0 Å².